The Kier molecular flexibility index (Phi) is 3.38. The largest absolute Gasteiger partial charge is 0.393 e. The lowest BCUT2D eigenvalue weighted by atomic mass is 9.91. The minimum atomic E-state index is -0.0412. The molecule has 3 unspecified atom stereocenters. The second-order valence-electron chi connectivity index (χ2n) is 3.97. The van der Waals surface area contributed by atoms with Gasteiger partial charge < -0.3 is 5.11 Å². The molecule has 1 nitrogen and oxygen atoms in total. The van der Waals surface area contributed by atoms with E-state index < -0.39 is 0 Å². The molecule has 0 spiro atoms. The van der Waals surface area contributed by atoms with Crippen LogP contribution in [0, 0.1) is 11.8 Å². The van der Waals surface area contributed by atoms with Gasteiger partial charge in [-0.2, -0.15) is 0 Å². The van der Waals surface area contributed by atoms with E-state index in [1.54, 1.807) is 0 Å². The van der Waals surface area contributed by atoms with Crippen LogP contribution in [0.3, 0.4) is 0 Å². The van der Waals surface area contributed by atoms with Crippen LogP contribution in [0.1, 0.15) is 46.0 Å². The molecular formula is C10H20O. The fourth-order valence-electron chi connectivity index (χ4n) is 2.09. The van der Waals surface area contributed by atoms with Crippen molar-refractivity contribution in [2.24, 2.45) is 11.8 Å². The SMILES string of the molecule is CCC(O)CC1CCCC1C. The van der Waals surface area contributed by atoms with Crippen LogP contribution in [-0.2, 0) is 0 Å². The minimum Gasteiger partial charge on any atom is -0.393 e. The zero-order chi connectivity index (χ0) is 8.27. The number of hydrogen-bond donors (Lipinski definition) is 1. The molecule has 1 N–H and O–H groups in total. The van der Waals surface area contributed by atoms with Gasteiger partial charge in [0.25, 0.3) is 0 Å². The van der Waals surface area contributed by atoms with Gasteiger partial charge in [-0.25, -0.2) is 0 Å². The zero-order valence-corrected chi connectivity index (χ0v) is 7.71. The average Bonchev–Trinajstić information content (AvgIpc) is 2.37. The highest BCUT2D eigenvalue weighted by Crippen LogP contribution is 2.34. The molecule has 0 amide bonds. The van der Waals surface area contributed by atoms with Gasteiger partial charge in [-0.15, -0.1) is 0 Å². The Morgan fingerprint density at radius 2 is 2.18 bits per heavy atom. The highest BCUT2D eigenvalue weighted by Gasteiger charge is 2.24. The van der Waals surface area contributed by atoms with Crippen molar-refractivity contribution in [1.82, 2.24) is 0 Å². The van der Waals surface area contributed by atoms with E-state index in [0.717, 1.165) is 24.7 Å². The third-order valence-electron chi connectivity index (χ3n) is 3.09. The standard InChI is InChI=1S/C10H20O/c1-3-10(11)7-9-6-4-5-8(9)2/h8-11H,3-7H2,1-2H3. The Labute approximate surface area is 69.8 Å². The monoisotopic (exact) mass is 156 g/mol. The predicted octanol–water partition coefficient (Wildman–Crippen LogP) is 2.58. The van der Waals surface area contributed by atoms with Gasteiger partial charge in [0.1, 0.15) is 0 Å². The van der Waals surface area contributed by atoms with Crippen LogP contribution in [0.5, 0.6) is 0 Å². The molecule has 1 aliphatic carbocycles. The smallest absolute Gasteiger partial charge is 0.0540 e. The summed E-state index contributed by atoms with van der Waals surface area (Å²) in [6, 6.07) is 0. The molecule has 11 heavy (non-hydrogen) atoms. The van der Waals surface area contributed by atoms with Crippen LogP contribution in [0.15, 0.2) is 0 Å². The number of rotatable bonds is 3. The Morgan fingerprint density at radius 3 is 2.64 bits per heavy atom. The molecule has 0 aliphatic heterocycles. The maximum atomic E-state index is 9.44. The summed E-state index contributed by atoms with van der Waals surface area (Å²) in [4.78, 5) is 0. The van der Waals surface area contributed by atoms with E-state index in [0.29, 0.717) is 0 Å². The highest BCUT2D eigenvalue weighted by molar-refractivity contribution is 4.76. The third-order valence-corrected chi connectivity index (χ3v) is 3.09. The van der Waals surface area contributed by atoms with Crippen molar-refractivity contribution in [1.29, 1.82) is 0 Å². The van der Waals surface area contributed by atoms with Crippen molar-refractivity contribution in [2.75, 3.05) is 0 Å². The number of hydrogen-bond acceptors (Lipinski definition) is 1. The van der Waals surface area contributed by atoms with Crippen molar-refractivity contribution in [3.63, 3.8) is 0 Å². The van der Waals surface area contributed by atoms with Crippen LogP contribution in [0.4, 0.5) is 0 Å². The molecule has 1 aliphatic rings. The first kappa shape index (κ1) is 9.05. The van der Waals surface area contributed by atoms with Gasteiger partial charge >= 0.3 is 0 Å². The molecular weight excluding hydrogens is 136 g/mol. The van der Waals surface area contributed by atoms with Gasteiger partial charge in [-0.3, -0.25) is 0 Å². The molecule has 1 saturated carbocycles. The molecule has 1 heteroatoms. The Hall–Kier alpha value is -0.0400. The quantitative estimate of drug-likeness (QED) is 0.666. The average molecular weight is 156 g/mol. The molecule has 1 rings (SSSR count). The summed E-state index contributed by atoms with van der Waals surface area (Å²) in [5, 5.41) is 9.44. The molecule has 0 bridgehead atoms. The van der Waals surface area contributed by atoms with Crippen molar-refractivity contribution >= 4 is 0 Å². The van der Waals surface area contributed by atoms with Crippen LogP contribution in [0.25, 0.3) is 0 Å². The maximum Gasteiger partial charge on any atom is 0.0540 e. The van der Waals surface area contributed by atoms with Crippen molar-refractivity contribution in [3.8, 4) is 0 Å². The summed E-state index contributed by atoms with van der Waals surface area (Å²) >= 11 is 0. The lowest BCUT2D eigenvalue weighted by Crippen LogP contribution is -2.14. The summed E-state index contributed by atoms with van der Waals surface area (Å²) in [6.45, 7) is 4.38. The minimum absolute atomic E-state index is 0.0412. The van der Waals surface area contributed by atoms with Crippen molar-refractivity contribution in [3.05, 3.63) is 0 Å². The number of aliphatic hydroxyl groups excluding tert-OH is 1. The Bertz CT molecular complexity index is 111. The van der Waals surface area contributed by atoms with Gasteiger partial charge in [-0.05, 0) is 24.7 Å². The van der Waals surface area contributed by atoms with Crippen molar-refractivity contribution < 1.29 is 5.11 Å². The molecule has 1 fully saturated rings. The van der Waals surface area contributed by atoms with Crippen LogP contribution in [0.2, 0.25) is 0 Å². The van der Waals surface area contributed by atoms with Gasteiger partial charge in [-0.1, -0.05) is 33.1 Å². The van der Waals surface area contributed by atoms with E-state index in [1.165, 1.54) is 19.3 Å². The lowest BCUT2D eigenvalue weighted by Gasteiger charge is -2.17. The fraction of sp³-hybridized carbons (Fsp3) is 1.00. The van der Waals surface area contributed by atoms with Gasteiger partial charge in [0.05, 0.1) is 6.10 Å². The van der Waals surface area contributed by atoms with Crippen LogP contribution < -0.4 is 0 Å². The molecule has 0 aromatic heterocycles. The van der Waals surface area contributed by atoms with E-state index in [-0.39, 0.29) is 6.10 Å². The molecule has 0 heterocycles. The van der Waals surface area contributed by atoms with Crippen LogP contribution >= 0.6 is 0 Å². The van der Waals surface area contributed by atoms with E-state index >= 15 is 0 Å². The third kappa shape index (κ3) is 2.48. The van der Waals surface area contributed by atoms with Gasteiger partial charge in [0, 0.05) is 0 Å². The molecule has 0 aromatic rings. The molecule has 0 saturated heterocycles. The topological polar surface area (TPSA) is 20.2 Å². The van der Waals surface area contributed by atoms with Crippen LogP contribution in [-0.4, -0.2) is 11.2 Å². The number of aliphatic hydroxyl groups is 1. The molecule has 0 aromatic carbocycles. The fourth-order valence-corrected chi connectivity index (χ4v) is 2.09. The van der Waals surface area contributed by atoms with Crippen molar-refractivity contribution in [2.45, 2.75) is 52.1 Å². The van der Waals surface area contributed by atoms with E-state index in [2.05, 4.69) is 13.8 Å². The van der Waals surface area contributed by atoms with E-state index in [4.69, 9.17) is 0 Å². The molecule has 0 radical (unpaired) electrons. The normalized spacial score (nSPS) is 34.1. The Balaban J connectivity index is 2.24. The Morgan fingerprint density at radius 1 is 1.45 bits per heavy atom. The summed E-state index contributed by atoms with van der Waals surface area (Å²) in [6.07, 6.45) is 6.02. The first-order valence-corrected chi connectivity index (χ1v) is 4.92. The first-order chi connectivity index (χ1) is 5.24. The highest BCUT2D eigenvalue weighted by atomic mass is 16.3. The molecule has 66 valence electrons. The summed E-state index contributed by atoms with van der Waals surface area (Å²) < 4.78 is 0. The van der Waals surface area contributed by atoms with E-state index in [9.17, 15) is 5.11 Å². The summed E-state index contributed by atoms with van der Waals surface area (Å²) in [7, 11) is 0. The van der Waals surface area contributed by atoms with Gasteiger partial charge in [0.15, 0.2) is 0 Å². The second kappa shape index (κ2) is 4.10. The van der Waals surface area contributed by atoms with Gasteiger partial charge in [0.2, 0.25) is 0 Å². The second-order valence-corrected chi connectivity index (χ2v) is 3.97. The predicted molar refractivity (Wildman–Crippen MR) is 47.4 cm³/mol. The zero-order valence-electron chi connectivity index (χ0n) is 7.71. The first-order valence-electron chi connectivity index (χ1n) is 4.92. The molecule has 3 atom stereocenters. The summed E-state index contributed by atoms with van der Waals surface area (Å²) in [5.41, 5.74) is 0. The summed E-state index contributed by atoms with van der Waals surface area (Å²) in [5.74, 6) is 1.67. The van der Waals surface area contributed by atoms with E-state index in [1.807, 2.05) is 0 Å². The lowest BCUT2D eigenvalue weighted by molar-refractivity contribution is 0.129. The maximum absolute atomic E-state index is 9.44.